The molecule has 0 saturated carbocycles. The highest BCUT2D eigenvalue weighted by molar-refractivity contribution is 5.43. The molecule has 21 heavy (non-hydrogen) atoms. The SMILES string of the molecule is COc1cccc(COc2ccc(C#CCO)cc2C)n1. The van der Waals surface area contributed by atoms with Crippen molar-refractivity contribution in [3.05, 3.63) is 53.2 Å². The summed E-state index contributed by atoms with van der Waals surface area (Å²) in [6, 6.07) is 11.2. The second-order valence-corrected chi connectivity index (χ2v) is 4.40. The summed E-state index contributed by atoms with van der Waals surface area (Å²) in [7, 11) is 1.59. The molecule has 0 aliphatic rings. The number of aryl methyl sites for hydroxylation is 1. The van der Waals surface area contributed by atoms with E-state index in [0.29, 0.717) is 12.5 Å². The third kappa shape index (κ3) is 4.23. The molecule has 0 aliphatic carbocycles. The van der Waals surface area contributed by atoms with Crippen molar-refractivity contribution < 1.29 is 14.6 Å². The molecule has 108 valence electrons. The minimum absolute atomic E-state index is 0.140. The van der Waals surface area contributed by atoms with Crippen molar-refractivity contribution in [3.63, 3.8) is 0 Å². The molecular formula is C17H17NO3. The van der Waals surface area contributed by atoms with E-state index in [1.165, 1.54) is 0 Å². The van der Waals surface area contributed by atoms with Crippen molar-refractivity contribution in [1.29, 1.82) is 0 Å². The Morgan fingerprint density at radius 3 is 2.81 bits per heavy atom. The van der Waals surface area contributed by atoms with E-state index in [4.69, 9.17) is 14.6 Å². The molecule has 1 aromatic carbocycles. The van der Waals surface area contributed by atoms with E-state index in [9.17, 15) is 0 Å². The van der Waals surface area contributed by atoms with Crippen LogP contribution in [0.3, 0.4) is 0 Å². The fourth-order valence-corrected chi connectivity index (χ4v) is 1.83. The van der Waals surface area contributed by atoms with E-state index in [1.807, 2.05) is 37.3 Å². The van der Waals surface area contributed by atoms with Gasteiger partial charge < -0.3 is 14.6 Å². The molecule has 0 fully saturated rings. The van der Waals surface area contributed by atoms with Crippen molar-refractivity contribution in [2.24, 2.45) is 0 Å². The highest BCUT2D eigenvalue weighted by Gasteiger charge is 2.03. The predicted octanol–water partition coefficient (Wildman–Crippen LogP) is 2.32. The van der Waals surface area contributed by atoms with Crippen LogP contribution in [-0.2, 0) is 6.61 Å². The Labute approximate surface area is 124 Å². The van der Waals surface area contributed by atoms with E-state index >= 15 is 0 Å². The first kappa shape index (κ1) is 14.9. The molecule has 2 aromatic rings. The van der Waals surface area contributed by atoms with Gasteiger partial charge in [0.1, 0.15) is 19.0 Å². The Bertz CT molecular complexity index is 671. The summed E-state index contributed by atoms with van der Waals surface area (Å²) in [5, 5.41) is 8.69. The Morgan fingerprint density at radius 2 is 2.10 bits per heavy atom. The molecule has 0 spiro atoms. The van der Waals surface area contributed by atoms with Crippen LogP contribution in [0.5, 0.6) is 11.6 Å². The maximum atomic E-state index is 8.69. The number of rotatable bonds is 4. The van der Waals surface area contributed by atoms with E-state index in [-0.39, 0.29) is 6.61 Å². The monoisotopic (exact) mass is 283 g/mol. The minimum atomic E-state index is -0.140. The van der Waals surface area contributed by atoms with E-state index in [1.54, 1.807) is 13.2 Å². The van der Waals surface area contributed by atoms with Gasteiger partial charge in [0.25, 0.3) is 0 Å². The molecule has 0 bridgehead atoms. The van der Waals surface area contributed by atoms with Crippen LogP contribution in [0, 0.1) is 18.8 Å². The van der Waals surface area contributed by atoms with Crippen LogP contribution < -0.4 is 9.47 Å². The van der Waals surface area contributed by atoms with Gasteiger partial charge >= 0.3 is 0 Å². The minimum Gasteiger partial charge on any atom is -0.487 e. The summed E-state index contributed by atoms with van der Waals surface area (Å²) in [5.41, 5.74) is 2.65. The normalized spacial score (nSPS) is 9.67. The van der Waals surface area contributed by atoms with Gasteiger partial charge in [-0.25, -0.2) is 4.98 Å². The van der Waals surface area contributed by atoms with Crippen LogP contribution >= 0.6 is 0 Å². The third-order valence-corrected chi connectivity index (χ3v) is 2.85. The van der Waals surface area contributed by atoms with Gasteiger partial charge in [0.15, 0.2) is 0 Å². The fourth-order valence-electron chi connectivity index (χ4n) is 1.83. The van der Waals surface area contributed by atoms with Crippen molar-refractivity contribution >= 4 is 0 Å². The van der Waals surface area contributed by atoms with Crippen LogP contribution in [0.2, 0.25) is 0 Å². The Balaban J connectivity index is 2.06. The molecule has 0 saturated heterocycles. The molecule has 1 heterocycles. The molecule has 2 rings (SSSR count). The molecule has 0 unspecified atom stereocenters. The van der Waals surface area contributed by atoms with Gasteiger partial charge in [-0.2, -0.15) is 0 Å². The lowest BCUT2D eigenvalue weighted by Crippen LogP contribution is -2.00. The quantitative estimate of drug-likeness (QED) is 0.875. The number of benzene rings is 1. The number of hydrogen-bond donors (Lipinski definition) is 1. The maximum Gasteiger partial charge on any atom is 0.213 e. The van der Waals surface area contributed by atoms with Gasteiger partial charge in [0.05, 0.1) is 12.8 Å². The molecule has 4 nitrogen and oxygen atoms in total. The van der Waals surface area contributed by atoms with Crippen molar-refractivity contribution in [3.8, 4) is 23.5 Å². The molecule has 1 aromatic heterocycles. The molecule has 0 aliphatic heterocycles. The standard InChI is InChI=1S/C17H17NO3/c1-13-11-14(5-4-10-19)8-9-16(13)21-12-15-6-3-7-17(18-15)20-2/h3,6-9,11,19H,10,12H2,1-2H3. The summed E-state index contributed by atoms with van der Waals surface area (Å²) in [6.45, 7) is 2.19. The Hall–Kier alpha value is -2.51. The first-order chi connectivity index (χ1) is 10.2. The Kier molecular flexibility index (Phi) is 5.19. The zero-order chi connectivity index (χ0) is 15.1. The number of methoxy groups -OCH3 is 1. The van der Waals surface area contributed by atoms with Gasteiger partial charge in [-0.05, 0) is 36.8 Å². The third-order valence-electron chi connectivity index (χ3n) is 2.85. The van der Waals surface area contributed by atoms with Gasteiger partial charge in [-0.15, -0.1) is 0 Å². The summed E-state index contributed by atoms with van der Waals surface area (Å²) in [5.74, 6) is 6.85. The number of hydrogen-bond acceptors (Lipinski definition) is 4. The first-order valence-electron chi connectivity index (χ1n) is 6.56. The number of aromatic nitrogens is 1. The van der Waals surface area contributed by atoms with E-state index < -0.39 is 0 Å². The molecule has 4 heteroatoms. The molecule has 0 atom stereocenters. The molecule has 1 N–H and O–H groups in total. The van der Waals surface area contributed by atoms with Gasteiger partial charge in [-0.1, -0.05) is 17.9 Å². The Morgan fingerprint density at radius 1 is 1.24 bits per heavy atom. The highest BCUT2D eigenvalue weighted by Crippen LogP contribution is 2.20. The fraction of sp³-hybridized carbons (Fsp3) is 0.235. The van der Waals surface area contributed by atoms with E-state index in [2.05, 4.69) is 16.8 Å². The maximum absolute atomic E-state index is 8.69. The average Bonchev–Trinajstić information content (AvgIpc) is 2.52. The second kappa shape index (κ2) is 7.32. The van der Waals surface area contributed by atoms with Gasteiger partial charge in [-0.3, -0.25) is 0 Å². The average molecular weight is 283 g/mol. The number of nitrogens with zero attached hydrogens (tertiary/aromatic N) is 1. The van der Waals surface area contributed by atoms with Crippen LogP contribution in [0.4, 0.5) is 0 Å². The lowest BCUT2D eigenvalue weighted by molar-refractivity contribution is 0.296. The molecule has 0 amide bonds. The predicted molar refractivity (Wildman–Crippen MR) is 80.3 cm³/mol. The van der Waals surface area contributed by atoms with Crippen molar-refractivity contribution in [1.82, 2.24) is 4.98 Å². The van der Waals surface area contributed by atoms with Crippen molar-refractivity contribution in [2.45, 2.75) is 13.5 Å². The molecule has 0 radical (unpaired) electrons. The zero-order valence-electron chi connectivity index (χ0n) is 12.1. The summed E-state index contributed by atoms with van der Waals surface area (Å²) < 4.78 is 10.8. The van der Waals surface area contributed by atoms with E-state index in [0.717, 1.165) is 22.6 Å². The lowest BCUT2D eigenvalue weighted by Gasteiger charge is -2.09. The summed E-state index contributed by atoms with van der Waals surface area (Å²) in [4.78, 5) is 4.30. The van der Waals surface area contributed by atoms with Crippen LogP contribution in [-0.4, -0.2) is 23.8 Å². The van der Waals surface area contributed by atoms with Crippen LogP contribution in [0.25, 0.3) is 0 Å². The first-order valence-corrected chi connectivity index (χ1v) is 6.56. The number of aliphatic hydroxyl groups is 1. The topological polar surface area (TPSA) is 51.6 Å². The summed E-state index contributed by atoms with van der Waals surface area (Å²) in [6.07, 6.45) is 0. The highest BCUT2D eigenvalue weighted by atomic mass is 16.5. The van der Waals surface area contributed by atoms with Gasteiger partial charge in [0.2, 0.25) is 5.88 Å². The smallest absolute Gasteiger partial charge is 0.213 e. The largest absolute Gasteiger partial charge is 0.487 e. The lowest BCUT2D eigenvalue weighted by atomic mass is 10.1. The number of ether oxygens (including phenoxy) is 2. The van der Waals surface area contributed by atoms with Gasteiger partial charge in [0, 0.05) is 11.6 Å². The zero-order valence-corrected chi connectivity index (χ0v) is 12.1. The number of pyridine rings is 1. The van der Waals surface area contributed by atoms with Crippen molar-refractivity contribution in [2.75, 3.05) is 13.7 Å². The van der Waals surface area contributed by atoms with Crippen LogP contribution in [0.15, 0.2) is 36.4 Å². The van der Waals surface area contributed by atoms with Crippen LogP contribution in [0.1, 0.15) is 16.8 Å². The second-order valence-electron chi connectivity index (χ2n) is 4.40. The molecular weight excluding hydrogens is 266 g/mol. The summed E-state index contributed by atoms with van der Waals surface area (Å²) >= 11 is 0. The number of aliphatic hydroxyl groups excluding tert-OH is 1.